The second kappa shape index (κ2) is 5.87. The zero-order valence-electron chi connectivity index (χ0n) is 12.9. The number of aryl methyl sites for hydroxylation is 2. The van der Waals surface area contributed by atoms with Crippen LogP contribution in [0.5, 0.6) is 0 Å². The van der Waals surface area contributed by atoms with Gasteiger partial charge in [-0.25, -0.2) is 0 Å². The Morgan fingerprint density at radius 3 is 2.22 bits per heavy atom. The Kier molecular flexibility index (Phi) is 4.97. The molecule has 0 radical (unpaired) electrons. The predicted molar refractivity (Wildman–Crippen MR) is 77.7 cm³/mol. The highest BCUT2D eigenvalue weighted by molar-refractivity contribution is 5.29. The first-order valence-electron chi connectivity index (χ1n) is 7.14. The van der Waals surface area contributed by atoms with Gasteiger partial charge in [0.1, 0.15) is 0 Å². The van der Waals surface area contributed by atoms with Gasteiger partial charge in [-0.05, 0) is 31.6 Å². The van der Waals surface area contributed by atoms with Crippen LogP contribution in [0.3, 0.4) is 0 Å². The topological polar surface area (TPSA) is 43.8 Å². The van der Waals surface area contributed by atoms with Crippen molar-refractivity contribution in [2.45, 2.75) is 73.4 Å². The highest BCUT2D eigenvalue weighted by Gasteiger charge is 2.19. The maximum Gasteiger partial charge on any atom is 0.0672 e. The van der Waals surface area contributed by atoms with E-state index in [1.165, 1.54) is 17.0 Å². The summed E-state index contributed by atoms with van der Waals surface area (Å²) in [6.07, 6.45) is 3.11. The van der Waals surface area contributed by atoms with Crippen LogP contribution in [0.25, 0.3) is 0 Å². The van der Waals surface area contributed by atoms with Crippen LogP contribution in [-0.2, 0) is 19.4 Å². The van der Waals surface area contributed by atoms with Crippen LogP contribution in [0, 0.1) is 5.41 Å². The van der Waals surface area contributed by atoms with Crippen LogP contribution in [0.1, 0.15) is 71.0 Å². The number of hydrogen-bond acceptors (Lipinski definition) is 2. The van der Waals surface area contributed by atoms with E-state index in [1.54, 1.807) is 0 Å². The molecule has 104 valence electrons. The van der Waals surface area contributed by atoms with Crippen LogP contribution in [0.2, 0.25) is 0 Å². The Morgan fingerprint density at radius 1 is 1.22 bits per heavy atom. The lowest BCUT2D eigenvalue weighted by molar-refractivity contribution is 0.337. The van der Waals surface area contributed by atoms with Gasteiger partial charge in [-0.2, -0.15) is 5.10 Å². The fraction of sp³-hybridized carbons (Fsp3) is 0.800. The van der Waals surface area contributed by atoms with Gasteiger partial charge in [0.05, 0.1) is 5.69 Å². The lowest BCUT2D eigenvalue weighted by Gasteiger charge is -2.19. The molecule has 0 aliphatic carbocycles. The molecular weight excluding hydrogens is 222 g/mol. The number of rotatable bonds is 5. The molecule has 0 aliphatic heterocycles. The van der Waals surface area contributed by atoms with Crippen molar-refractivity contribution in [2.24, 2.45) is 11.1 Å². The largest absolute Gasteiger partial charge is 0.324 e. The maximum atomic E-state index is 6.11. The van der Waals surface area contributed by atoms with Gasteiger partial charge in [-0.3, -0.25) is 4.68 Å². The summed E-state index contributed by atoms with van der Waals surface area (Å²) in [5.74, 6) is 0. The lowest BCUT2D eigenvalue weighted by atomic mass is 9.92. The van der Waals surface area contributed by atoms with E-state index in [2.05, 4.69) is 46.2 Å². The summed E-state index contributed by atoms with van der Waals surface area (Å²) in [5.41, 5.74) is 10.2. The van der Waals surface area contributed by atoms with Crippen molar-refractivity contribution >= 4 is 0 Å². The number of nitrogens with zero attached hydrogens (tertiary/aromatic N) is 2. The first-order valence-corrected chi connectivity index (χ1v) is 7.14. The van der Waals surface area contributed by atoms with Gasteiger partial charge in [0, 0.05) is 23.8 Å². The normalized spacial score (nSPS) is 13.9. The molecule has 0 aromatic carbocycles. The Bertz CT molecular complexity index is 383. The Hall–Kier alpha value is -0.830. The van der Waals surface area contributed by atoms with Gasteiger partial charge in [0.25, 0.3) is 0 Å². The summed E-state index contributed by atoms with van der Waals surface area (Å²) in [6.45, 7) is 14.2. The Labute approximate surface area is 112 Å². The second-order valence-electron chi connectivity index (χ2n) is 6.34. The Balaban J connectivity index is 3.05. The van der Waals surface area contributed by atoms with Crippen molar-refractivity contribution in [3.8, 4) is 0 Å². The molecule has 3 nitrogen and oxygen atoms in total. The van der Waals surface area contributed by atoms with Gasteiger partial charge in [-0.15, -0.1) is 0 Å². The predicted octanol–water partition coefficient (Wildman–Crippen LogP) is 3.46. The van der Waals surface area contributed by atoms with Crippen molar-refractivity contribution in [3.05, 3.63) is 17.0 Å². The molecule has 1 aromatic rings. The van der Waals surface area contributed by atoms with Crippen molar-refractivity contribution in [2.75, 3.05) is 0 Å². The molecule has 0 aliphatic rings. The molecule has 1 unspecified atom stereocenters. The average molecular weight is 251 g/mol. The van der Waals surface area contributed by atoms with E-state index < -0.39 is 0 Å². The van der Waals surface area contributed by atoms with E-state index in [0.29, 0.717) is 5.41 Å². The fourth-order valence-corrected chi connectivity index (χ4v) is 2.35. The SMILES string of the molecule is CCc1nn(CCC(C)(C)C)c(CC)c1C(C)N. The zero-order valence-corrected chi connectivity index (χ0v) is 12.9. The summed E-state index contributed by atoms with van der Waals surface area (Å²) in [6, 6.07) is 0.0817. The molecule has 1 aromatic heterocycles. The van der Waals surface area contributed by atoms with Crippen LogP contribution < -0.4 is 5.73 Å². The van der Waals surface area contributed by atoms with Crippen molar-refractivity contribution in [1.82, 2.24) is 9.78 Å². The fourth-order valence-electron chi connectivity index (χ4n) is 2.35. The highest BCUT2D eigenvalue weighted by Crippen LogP contribution is 2.25. The number of aromatic nitrogens is 2. The molecule has 1 rings (SSSR count). The third-order valence-corrected chi connectivity index (χ3v) is 3.37. The highest BCUT2D eigenvalue weighted by atomic mass is 15.3. The number of nitrogens with two attached hydrogens (primary N) is 1. The minimum Gasteiger partial charge on any atom is -0.324 e. The molecule has 18 heavy (non-hydrogen) atoms. The summed E-state index contributed by atoms with van der Waals surface area (Å²) in [7, 11) is 0. The summed E-state index contributed by atoms with van der Waals surface area (Å²) in [5, 5.41) is 4.76. The average Bonchev–Trinajstić information content (AvgIpc) is 2.63. The van der Waals surface area contributed by atoms with E-state index >= 15 is 0 Å². The van der Waals surface area contributed by atoms with Crippen LogP contribution in [0.15, 0.2) is 0 Å². The van der Waals surface area contributed by atoms with Gasteiger partial charge < -0.3 is 5.73 Å². The quantitative estimate of drug-likeness (QED) is 0.871. The molecule has 0 bridgehead atoms. The van der Waals surface area contributed by atoms with Crippen molar-refractivity contribution in [1.29, 1.82) is 0 Å². The van der Waals surface area contributed by atoms with E-state index in [9.17, 15) is 0 Å². The molecule has 1 heterocycles. The van der Waals surface area contributed by atoms with Crippen LogP contribution in [0.4, 0.5) is 0 Å². The third kappa shape index (κ3) is 3.58. The molecule has 3 heteroatoms. The van der Waals surface area contributed by atoms with E-state index in [0.717, 1.165) is 25.8 Å². The summed E-state index contributed by atoms with van der Waals surface area (Å²) < 4.78 is 2.18. The summed E-state index contributed by atoms with van der Waals surface area (Å²) >= 11 is 0. The van der Waals surface area contributed by atoms with E-state index in [1.807, 2.05) is 0 Å². The molecule has 2 N–H and O–H groups in total. The molecule has 0 saturated heterocycles. The smallest absolute Gasteiger partial charge is 0.0672 e. The standard InChI is InChI=1S/C15H29N3/c1-7-12-14(11(3)16)13(8-2)18(17-12)10-9-15(4,5)6/h11H,7-10,16H2,1-6H3. The van der Waals surface area contributed by atoms with Gasteiger partial charge in [-0.1, -0.05) is 34.6 Å². The van der Waals surface area contributed by atoms with Crippen LogP contribution in [-0.4, -0.2) is 9.78 Å². The van der Waals surface area contributed by atoms with E-state index in [-0.39, 0.29) is 6.04 Å². The van der Waals surface area contributed by atoms with Gasteiger partial charge >= 0.3 is 0 Å². The van der Waals surface area contributed by atoms with Gasteiger partial charge in [0.15, 0.2) is 0 Å². The summed E-state index contributed by atoms with van der Waals surface area (Å²) in [4.78, 5) is 0. The van der Waals surface area contributed by atoms with Crippen LogP contribution >= 0.6 is 0 Å². The van der Waals surface area contributed by atoms with Crippen molar-refractivity contribution < 1.29 is 0 Å². The van der Waals surface area contributed by atoms with Gasteiger partial charge in [0.2, 0.25) is 0 Å². The molecular formula is C15H29N3. The Morgan fingerprint density at radius 2 is 1.83 bits per heavy atom. The second-order valence-corrected chi connectivity index (χ2v) is 6.34. The lowest BCUT2D eigenvalue weighted by Crippen LogP contribution is -2.14. The molecule has 0 spiro atoms. The first kappa shape index (κ1) is 15.2. The molecule has 0 saturated carbocycles. The minimum absolute atomic E-state index is 0.0817. The monoisotopic (exact) mass is 251 g/mol. The van der Waals surface area contributed by atoms with E-state index in [4.69, 9.17) is 10.8 Å². The zero-order chi connectivity index (χ0) is 13.9. The first-order chi connectivity index (χ1) is 8.30. The number of hydrogen-bond donors (Lipinski definition) is 1. The molecule has 1 atom stereocenters. The third-order valence-electron chi connectivity index (χ3n) is 3.37. The molecule has 0 amide bonds. The molecule has 0 fully saturated rings. The minimum atomic E-state index is 0.0817. The van der Waals surface area contributed by atoms with Crippen molar-refractivity contribution in [3.63, 3.8) is 0 Å². The maximum absolute atomic E-state index is 6.11.